The summed E-state index contributed by atoms with van der Waals surface area (Å²) in [6.45, 7) is 0. The number of anilines is 1. The van der Waals surface area contributed by atoms with Crippen LogP contribution < -0.4 is 10.8 Å². The Morgan fingerprint density at radius 1 is 1.46 bits per heavy atom. The van der Waals surface area contributed by atoms with Crippen LogP contribution >= 0.6 is 15.9 Å². The van der Waals surface area contributed by atoms with E-state index in [4.69, 9.17) is 5.73 Å². The van der Waals surface area contributed by atoms with E-state index < -0.39 is 33.6 Å². The second kappa shape index (κ2) is 3.25. The molecule has 1 rings (SSSR count). The molecule has 70 valence electrons. The number of carboxylic acids is 1. The van der Waals surface area contributed by atoms with Gasteiger partial charge in [0, 0.05) is 0 Å². The van der Waals surface area contributed by atoms with Gasteiger partial charge in [-0.1, -0.05) is 0 Å². The lowest BCUT2D eigenvalue weighted by atomic mass is 10.3. The molecule has 0 aliphatic carbocycles. The summed E-state index contributed by atoms with van der Waals surface area (Å²) in [6.07, 6.45) is 0. The summed E-state index contributed by atoms with van der Waals surface area (Å²) < 4.78 is 25.1. The number of pyridine rings is 1. The fourth-order valence-electron chi connectivity index (χ4n) is 0.667. The van der Waals surface area contributed by atoms with Crippen molar-refractivity contribution in [2.24, 2.45) is 0 Å². The molecule has 0 unspecified atom stereocenters. The average Bonchev–Trinajstić information content (AvgIpc) is 2.07. The van der Waals surface area contributed by atoms with E-state index in [2.05, 4.69) is 20.9 Å². The number of carboxylic acid groups (broad SMARTS) is 1. The van der Waals surface area contributed by atoms with Gasteiger partial charge in [-0.25, -0.2) is 13.8 Å². The molecule has 4 nitrogen and oxygen atoms in total. The summed E-state index contributed by atoms with van der Waals surface area (Å²) in [5, 5.41) is 10.2. The molecule has 7 heteroatoms. The Morgan fingerprint density at radius 2 is 2.00 bits per heavy atom. The molecule has 13 heavy (non-hydrogen) atoms. The lowest BCUT2D eigenvalue weighted by Crippen LogP contribution is -2.26. The second-order valence-corrected chi connectivity index (χ2v) is 2.83. The standard InChI is InChI=1S/C6H3BrF2N2O2/c7-5-2(9)3(10)1(8)4(11-5)6(12)13/h(H2,10,11)(H,12,13)/p-1. The highest BCUT2D eigenvalue weighted by Gasteiger charge is 2.16. The highest BCUT2D eigenvalue weighted by Crippen LogP contribution is 2.23. The molecule has 0 saturated carbocycles. The van der Waals surface area contributed by atoms with Crippen LogP contribution in [0.25, 0.3) is 0 Å². The van der Waals surface area contributed by atoms with Crippen molar-refractivity contribution in [2.45, 2.75) is 0 Å². The number of carbonyl (C=O) groups is 1. The highest BCUT2D eigenvalue weighted by molar-refractivity contribution is 9.10. The minimum Gasteiger partial charge on any atom is -0.543 e. The van der Waals surface area contributed by atoms with E-state index in [9.17, 15) is 18.7 Å². The van der Waals surface area contributed by atoms with Crippen molar-refractivity contribution >= 4 is 27.6 Å². The van der Waals surface area contributed by atoms with Crippen LogP contribution in [0.15, 0.2) is 4.60 Å². The Labute approximate surface area is 79.5 Å². The molecule has 0 spiro atoms. The molecule has 0 bridgehead atoms. The molecule has 0 aliphatic rings. The number of aromatic carboxylic acids is 1. The zero-order chi connectivity index (χ0) is 10.2. The Hall–Kier alpha value is -1.24. The maximum atomic E-state index is 12.8. The van der Waals surface area contributed by atoms with Crippen LogP contribution in [0, 0.1) is 11.6 Å². The third-order valence-electron chi connectivity index (χ3n) is 1.27. The van der Waals surface area contributed by atoms with Gasteiger partial charge in [0.25, 0.3) is 0 Å². The van der Waals surface area contributed by atoms with Crippen molar-refractivity contribution in [3.8, 4) is 0 Å². The Bertz CT molecular complexity index is 383. The summed E-state index contributed by atoms with van der Waals surface area (Å²) in [5.74, 6) is -4.42. The van der Waals surface area contributed by atoms with Gasteiger partial charge in [-0.15, -0.1) is 0 Å². The fraction of sp³-hybridized carbons (Fsp3) is 0. The second-order valence-electron chi connectivity index (χ2n) is 2.08. The number of halogens is 3. The lowest BCUT2D eigenvalue weighted by Gasteiger charge is -2.07. The van der Waals surface area contributed by atoms with Crippen LogP contribution in [-0.4, -0.2) is 11.0 Å². The molecule has 0 amide bonds. The van der Waals surface area contributed by atoms with E-state index in [0.717, 1.165) is 0 Å². The maximum absolute atomic E-state index is 12.8. The third kappa shape index (κ3) is 1.59. The van der Waals surface area contributed by atoms with E-state index in [0.29, 0.717) is 0 Å². The lowest BCUT2D eigenvalue weighted by molar-refractivity contribution is -0.255. The van der Waals surface area contributed by atoms with Crippen molar-refractivity contribution in [2.75, 3.05) is 5.73 Å². The number of nitrogen functional groups attached to an aromatic ring is 1. The van der Waals surface area contributed by atoms with Gasteiger partial charge in [0.1, 0.15) is 16.0 Å². The van der Waals surface area contributed by atoms with E-state index in [1.165, 1.54) is 0 Å². The minimum absolute atomic E-state index is 0.467. The van der Waals surface area contributed by atoms with E-state index >= 15 is 0 Å². The number of hydrogen-bond acceptors (Lipinski definition) is 4. The molecule has 1 aromatic heterocycles. The Morgan fingerprint density at radius 3 is 2.46 bits per heavy atom. The smallest absolute Gasteiger partial charge is 0.181 e. The van der Waals surface area contributed by atoms with Gasteiger partial charge < -0.3 is 15.6 Å². The van der Waals surface area contributed by atoms with Crippen molar-refractivity contribution in [1.82, 2.24) is 4.98 Å². The number of hydrogen-bond donors (Lipinski definition) is 1. The van der Waals surface area contributed by atoms with Crippen molar-refractivity contribution in [1.29, 1.82) is 0 Å². The topological polar surface area (TPSA) is 79.0 Å². The summed E-state index contributed by atoms with van der Waals surface area (Å²) in [6, 6.07) is 0. The molecule has 1 aromatic rings. The molecule has 0 fully saturated rings. The molecule has 0 aliphatic heterocycles. The van der Waals surface area contributed by atoms with E-state index in [1.807, 2.05) is 0 Å². The number of aromatic nitrogens is 1. The molecule has 0 atom stereocenters. The third-order valence-corrected chi connectivity index (χ3v) is 1.79. The molecule has 2 N–H and O–H groups in total. The largest absolute Gasteiger partial charge is 0.543 e. The molecule has 0 aromatic carbocycles. The molecule has 0 radical (unpaired) electrons. The SMILES string of the molecule is Nc1c(F)c(Br)nc(C(=O)[O-])c1F. The monoisotopic (exact) mass is 251 g/mol. The van der Waals surface area contributed by atoms with Crippen LogP contribution in [0.1, 0.15) is 10.5 Å². The maximum Gasteiger partial charge on any atom is 0.181 e. The van der Waals surface area contributed by atoms with Crippen LogP contribution in [0.3, 0.4) is 0 Å². The minimum atomic E-state index is -1.86. The van der Waals surface area contributed by atoms with Crippen LogP contribution in [0.4, 0.5) is 14.5 Å². The van der Waals surface area contributed by atoms with Crippen molar-refractivity contribution in [3.05, 3.63) is 21.9 Å². The first-order valence-electron chi connectivity index (χ1n) is 2.96. The fourth-order valence-corrected chi connectivity index (χ4v) is 1.06. The zero-order valence-corrected chi connectivity index (χ0v) is 7.56. The van der Waals surface area contributed by atoms with Crippen LogP contribution in [0.2, 0.25) is 0 Å². The summed E-state index contributed by atoms with van der Waals surface area (Å²) >= 11 is 2.58. The van der Waals surface area contributed by atoms with Gasteiger partial charge in [0.05, 0.1) is 5.97 Å². The van der Waals surface area contributed by atoms with Gasteiger partial charge >= 0.3 is 0 Å². The van der Waals surface area contributed by atoms with Gasteiger partial charge in [-0.3, -0.25) is 0 Å². The molecule has 0 saturated heterocycles. The van der Waals surface area contributed by atoms with Gasteiger partial charge in [0.15, 0.2) is 11.6 Å². The average molecular weight is 252 g/mol. The van der Waals surface area contributed by atoms with Gasteiger partial charge in [-0.05, 0) is 15.9 Å². The summed E-state index contributed by atoms with van der Waals surface area (Å²) in [5.41, 5.74) is 2.99. The quantitative estimate of drug-likeness (QED) is 0.717. The molecule has 1 heterocycles. The number of nitrogens with zero attached hydrogens (tertiary/aromatic N) is 1. The van der Waals surface area contributed by atoms with Gasteiger partial charge in [0.2, 0.25) is 0 Å². The predicted octanol–water partition coefficient (Wildman–Crippen LogP) is 0.0680. The highest BCUT2D eigenvalue weighted by atomic mass is 79.9. The van der Waals surface area contributed by atoms with Crippen molar-refractivity contribution < 1.29 is 18.7 Å². The van der Waals surface area contributed by atoms with E-state index in [1.54, 1.807) is 0 Å². The first-order valence-corrected chi connectivity index (χ1v) is 3.75. The van der Waals surface area contributed by atoms with Gasteiger partial charge in [-0.2, -0.15) is 0 Å². The normalized spacial score (nSPS) is 10.1. The van der Waals surface area contributed by atoms with Crippen molar-refractivity contribution in [3.63, 3.8) is 0 Å². The molecular formula is C6H2BrF2N2O2-. The van der Waals surface area contributed by atoms with Crippen LogP contribution in [-0.2, 0) is 0 Å². The number of carbonyl (C=O) groups excluding carboxylic acids is 1. The Balaban J connectivity index is 3.50. The molecular weight excluding hydrogens is 250 g/mol. The number of nitrogens with two attached hydrogens (primary N) is 1. The Kier molecular flexibility index (Phi) is 2.46. The number of rotatable bonds is 1. The van der Waals surface area contributed by atoms with Crippen LogP contribution in [0.5, 0.6) is 0 Å². The predicted molar refractivity (Wildman–Crippen MR) is 40.6 cm³/mol. The zero-order valence-electron chi connectivity index (χ0n) is 5.97. The van der Waals surface area contributed by atoms with E-state index in [-0.39, 0.29) is 0 Å². The summed E-state index contributed by atoms with van der Waals surface area (Å²) in [4.78, 5) is 13.3. The first kappa shape index (κ1) is 9.85. The summed E-state index contributed by atoms with van der Waals surface area (Å²) in [7, 11) is 0. The first-order chi connectivity index (χ1) is 5.95.